The maximum Gasteiger partial charge on any atom is 0.319 e. The molecule has 6 nitrogen and oxygen atoms in total. The third-order valence-electron chi connectivity index (χ3n) is 4.68. The van der Waals surface area contributed by atoms with Gasteiger partial charge in [0.2, 0.25) is 0 Å². The SMILES string of the molecule is CCn1cc(NC(=O)NCC2(O)CCCc3ccccc32)ccc1=O. The van der Waals surface area contributed by atoms with Crippen LogP contribution >= 0.6 is 0 Å². The summed E-state index contributed by atoms with van der Waals surface area (Å²) < 4.78 is 1.51. The highest BCUT2D eigenvalue weighted by atomic mass is 16.3. The van der Waals surface area contributed by atoms with Gasteiger partial charge in [-0.1, -0.05) is 24.3 Å². The van der Waals surface area contributed by atoms with Crippen molar-refractivity contribution in [2.75, 3.05) is 11.9 Å². The second-order valence-electron chi connectivity index (χ2n) is 6.39. The summed E-state index contributed by atoms with van der Waals surface area (Å²) in [7, 11) is 0. The van der Waals surface area contributed by atoms with Gasteiger partial charge in [-0.25, -0.2) is 4.79 Å². The molecule has 2 amide bonds. The molecule has 0 fully saturated rings. The lowest BCUT2D eigenvalue weighted by atomic mass is 9.79. The van der Waals surface area contributed by atoms with E-state index in [1.807, 2.05) is 31.2 Å². The van der Waals surface area contributed by atoms with Crippen molar-refractivity contribution in [2.24, 2.45) is 0 Å². The first-order valence-corrected chi connectivity index (χ1v) is 8.58. The molecule has 1 aromatic heterocycles. The number of aromatic nitrogens is 1. The molecule has 0 spiro atoms. The van der Waals surface area contributed by atoms with E-state index in [9.17, 15) is 14.7 Å². The second kappa shape index (κ2) is 7.11. The number of fused-ring (bicyclic) bond motifs is 1. The van der Waals surface area contributed by atoms with Crippen LogP contribution in [0.4, 0.5) is 10.5 Å². The Hall–Kier alpha value is -2.60. The lowest BCUT2D eigenvalue weighted by Crippen LogP contribution is -2.44. The van der Waals surface area contributed by atoms with Crippen molar-refractivity contribution in [3.63, 3.8) is 0 Å². The first kappa shape index (κ1) is 17.2. The average molecular weight is 341 g/mol. The standard InChI is InChI=1S/C19H23N3O3/c1-2-22-12-15(9-10-17(22)23)21-18(24)20-13-19(25)11-5-7-14-6-3-4-8-16(14)19/h3-4,6,8-10,12,25H,2,5,7,11,13H2,1H3,(H2,20,21,24). The van der Waals surface area contributed by atoms with Crippen LogP contribution in [0.2, 0.25) is 0 Å². The van der Waals surface area contributed by atoms with Gasteiger partial charge in [-0.15, -0.1) is 0 Å². The monoisotopic (exact) mass is 341 g/mol. The molecule has 1 atom stereocenters. The highest BCUT2D eigenvalue weighted by Gasteiger charge is 2.34. The zero-order valence-corrected chi connectivity index (χ0v) is 14.3. The van der Waals surface area contributed by atoms with E-state index >= 15 is 0 Å². The van der Waals surface area contributed by atoms with Gasteiger partial charge >= 0.3 is 6.03 Å². The van der Waals surface area contributed by atoms with Gasteiger partial charge in [-0.05, 0) is 43.4 Å². The Kier molecular flexibility index (Phi) is 4.90. The van der Waals surface area contributed by atoms with Gasteiger partial charge in [-0.2, -0.15) is 0 Å². The Morgan fingerprint density at radius 2 is 2.08 bits per heavy atom. The van der Waals surface area contributed by atoms with E-state index in [1.165, 1.54) is 10.6 Å². The molecule has 0 saturated heterocycles. The van der Waals surface area contributed by atoms with Crippen LogP contribution in [0, 0.1) is 0 Å². The molecule has 1 unspecified atom stereocenters. The van der Waals surface area contributed by atoms with Gasteiger partial charge in [0.15, 0.2) is 0 Å². The Morgan fingerprint density at radius 1 is 1.28 bits per heavy atom. The van der Waals surface area contributed by atoms with Gasteiger partial charge in [0.05, 0.1) is 12.2 Å². The number of urea groups is 1. The number of aryl methyl sites for hydroxylation is 2. The summed E-state index contributed by atoms with van der Waals surface area (Å²) in [6.07, 6.45) is 4.05. The van der Waals surface area contributed by atoms with Crippen LogP contribution in [0.25, 0.3) is 0 Å². The van der Waals surface area contributed by atoms with Crippen molar-refractivity contribution in [1.82, 2.24) is 9.88 Å². The van der Waals surface area contributed by atoms with Crippen molar-refractivity contribution in [3.8, 4) is 0 Å². The number of carbonyl (C=O) groups excluding carboxylic acids is 1. The molecule has 3 rings (SSSR count). The van der Waals surface area contributed by atoms with Crippen LogP contribution in [-0.4, -0.2) is 22.2 Å². The minimum Gasteiger partial charge on any atom is -0.383 e. The predicted molar refractivity (Wildman–Crippen MR) is 96.7 cm³/mol. The number of benzene rings is 1. The van der Waals surface area contributed by atoms with Gasteiger partial charge in [0, 0.05) is 18.8 Å². The lowest BCUT2D eigenvalue weighted by molar-refractivity contribution is 0.0221. The molecule has 0 aliphatic heterocycles. The van der Waals surface area contributed by atoms with Crippen molar-refractivity contribution >= 4 is 11.7 Å². The van der Waals surface area contributed by atoms with E-state index in [0.29, 0.717) is 18.7 Å². The summed E-state index contributed by atoms with van der Waals surface area (Å²) >= 11 is 0. The Balaban J connectivity index is 1.66. The third kappa shape index (κ3) is 3.74. The van der Waals surface area contributed by atoms with Gasteiger partial charge in [0.25, 0.3) is 5.56 Å². The molecule has 1 aromatic carbocycles. The van der Waals surface area contributed by atoms with E-state index in [1.54, 1.807) is 12.3 Å². The Labute approximate surface area is 146 Å². The fourth-order valence-corrected chi connectivity index (χ4v) is 3.34. The summed E-state index contributed by atoms with van der Waals surface area (Å²) in [5, 5.41) is 16.4. The average Bonchev–Trinajstić information content (AvgIpc) is 2.62. The predicted octanol–water partition coefficient (Wildman–Crippen LogP) is 2.21. The molecule has 0 saturated carbocycles. The normalized spacial score (nSPS) is 19.1. The topological polar surface area (TPSA) is 83.4 Å². The molecule has 132 valence electrons. The van der Waals surface area contributed by atoms with Crippen LogP contribution < -0.4 is 16.2 Å². The molecule has 3 N–H and O–H groups in total. The summed E-state index contributed by atoms with van der Waals surface area (Å²) in [4.78, 5) is 23.8. The number of pyridine rings is 1. The quantitative estimate of drug-likeness (QED) is 0.797. The summed E-state index contributed by atoms with van der Waals surface area (Å²) in [6.45, 7) is 2.54. The largest absolute Gasteiger partial charge is 0.383 e. The molecule has 2 aromatic rings. The highest BCUT2D eigenvalue weighted by Crippen LogP contribution is 2.34. The number of hydrogen-bond acceptors (Lipinski definition) is 3. The zero-order valence-electron chi connectivity index (χ0n) is 14.3. The van der Waals surface area contributed by atoms with Gasteiger partial charge in [0.1, 0.15) is 5.60 Å². The van der Waals surface area contributed by atoms with Crippen LogP contribution in [0.15, 0.2) is 47.4 Å². The maximum absolute atomic E-state index is 12.2. The van der Waals surface area contributed by atoms with E-state index in [0.717, 1.165) is 24.0 Å². The zero-order chi connectivity index (χ0) is 17.9. The van der Waals surface area contributed by atoms with Crippen LogP contribution in [-0.2, 0) is 18.6 Å². The first-order valence-electron chi connectivity index (χ1n) is 8.58. The van der Waals surface area contributed by atoms with Crippen molar-refractivity contribution < 1.29 is 9.90 Å². The van der Waals surface area contributed by atoms with Crippen molar-refractivity contribution in [2.45, 2.75) is 38.3 Å². The number of nitrogens with zero attached hydrogens (tertiary/aromatic N) is 1. The summed E-state index contributed by atoms with van der Waals surface area (Å²) in [6, 6.07) is 10.4. The molecule has 6 heteroatoms. The highest BCUT2D eigenvalue weighted by molar-refractivity contribution is 5.89. The fraction of sp³-hybridized carbons (Fsp3) is 0.368. The summed E-state index contributed by atoms with van der Waals surface area (Å²) in [5.74, 6) is 0. The number of anilines is 1. The number of aliphatic hydroxyl groups is 1. The molecule has 0 radical (unpaired) electrons. The van der Waals surface area contributed by atoms with Crippen LogP contribution in [0.1, 0.15) is 30.9 Å². The number of rotatable bonds is 4. The van der Waals surface area contributed by atoms with E-state index in [2.05, 4.69) is 10.6 Å². The Morgan fingerprint density at radius 3 is 2.88 bits per heavy atom. The molecule has 0 bridgehead atoms. The smallest absolute Gasteiger partial charge is 0.319 e. The minimum atomic E-state index is -1.05. The number of hydrogen-bond donors (Lipinski definition) is 3. The van der Waals surface area contributed by atoms with E-state index in [-0.39, 0.29) is 12.1 Å². The van der Waals surface area contributed by atoms with Gasteiger partial charge < -0.3 is 20.3 Å². The van der Waals surface area contributed by atoms with Crippen molar-refractivity contribution in [3.05, 3.63) is 64.1 Å². The lowest BCUT2D eigenvalue weighted by Gasteiger charge is -2.34. The molecule has 1 heterocycles. The molecular weight excluding hydrogens is 318 g/mol. The third-order valence-corrected chi connectivity index (χ3v) is 4.68. The van der Waals surface area contributed by atoms with Crippen LogP contribution in [0.3, 0.4) is 0 Å². The fourth-order valence-electron chi connectivity index (χ4n) is 3.34. The first-order chi connectivity index (χ1) is 12.0. The maximum atomic E-state index is 12.2. The number of carbonyl (C=O) groups is 1. The van der Waals surface area contributed by atoms with E-state index in [4.69, 9.17) is 0 Å². The Bertz CT molecular complexity index is 831. The number of nitrogens with one attached hydrogen (secondary N) is 2. The van der Waals surface area contributed by atoms with Gasteiger partial charge in [-0.3, -0.25) is 4.79 Å². The molecule has 1 aliphatic rings. The molecular formula is C19H23N3O3. The van der Waals surface area contributed by atoms with E-state index < -0.39 is 11.6 Å². The molecule has 1 aliphatic carbocycles. The molecule has 25 heavy (non-hydrogen) atoms. The minimum absolute atomic E-state index is 0.110. The number of amides is 2. The summed E-state index contributed by atoms with van der Waals surface area (Å²) in [5.41, 5.74) is 1.40. The van der Waals surface area contributed by atoms with Crippen LogP contribution in [0.5, 0.6) is 0 Å². The second-order valence-corrected chi connectivity index (χ2v) is 6.39. The van der Waals surface area contributed by atoms with Crippen molar-refractivity contribution in [1.29, 1.82) is 0 Å².